The summed E-state index contributed by atoms with van der Waals surface area (Å²) in [5.41, 5.74) is 4.65. The van der Waals surface area contributed by atoms with Crippen molar-refractivity contribution in [3.05, 3.63) is 94.5 Å². The number of amides is 2. The van der Waals surface area contributed by atoms with Crippen LogP contribution >= 0.6 is 0 Å². The summed E-state index contributed by atoms with van der Waals surface area (Å²) in [6, 6.07) is 21.7. The lowest BCUT2D eigenvalue weighted by molar-refractivity contribution is -0.180. The SMILES string of the molecule is CC1(C)OCc2cc([C@@H]3CN(CCc4ccc(OCCOCc5cccc(C(=O)NC6CCCCC6)c5)cc4)C(=O)O3)ccc2O1. The van der Waals surface area contributed by atoms with Crippen molar-refractivity contribution < 1.29 is 33.3 Å². The molecule has 46 heavy (non-hydrogen) atoms. The third kappa shape index (κ3) is 8.39. The summed E-state index contributed by atoms with van der Waals surface area (Å²) in [7, 11) is 0. The van der Waals surface area contributed by atoms with Crippen molar-refractivity contribution in [2.24, 2.45) is 0 Å². The number of fused-ring (bicyclic) bond motifs is 1. The summed E-state index contributed by atoms with van der Waals surface area (Å²) in [5.74, 6) is 0.913. The molecule has 2 heterocycles. The van der Waals surface area contributed by atoms with E-state index in [0.29, 0.717) is 51.5 Å². The highest BCUT2D eigenvalue weighted by molar-refractivity contribution is 5.94. The lowest BCUT2D eigenvalue weighted by atomic mass is 9.95. The van der Waals surface area contributed by atoms with Gasteiger partial charge in [0.05, 0.1) is 26.4 Å². The molecule has 9 nitrogen and oxygen atoms in total. The van der Waals surface area contributed by atoms with Crippen molar-refractivity contribution in [3.63, 3.8) is 0 Å². The van der Waals surface area contributed by atoms with Gasteiger partial charge < -0.3 is 33.9 Å². The van der Waals surface area contributed by atoms with Gasteiger partial charge in [-0.1, -0.05) is 49.6 Å². The van der Waals surface area contributed by atoms with Crippen molar-refractivity contribution in [1.82, 2.24) is 10.2 Å². The van der Waals surface area contributed by atoms with Crippen molar-refractivity contribution >= 4 is 12.0 Å². The van der Waals surface area contributed by atoms with Crippen LogP contribution in [0.15, 0.2) is 66.7 Å². The second-order valence-electron chi connectivity index (χ2n) is 12.8. The first-order valence-electron chi connectivity index (χ1n) is 16.4. The third-order valence-corrected chi connectivity index (χ3v) is 8.76. The Balaban J connectivity index is 0.894. The Labute approximate surface area is 271 Å². The van der Waals surface area contributed by atoms with Crippen LogP contribution in [0.4, 0.5) is 4.79 Å². The van der Waals surface area contributed by atoms with Gasteiger partial charge in [-0.2, -0.15) is 0 Å². The van der Waals surface area contributed by atoms with Gasteiger partial charge in [0.2, 0.25) is 5.79 Å². The van der Waals surface area contributed by atoms with Crippen LogP contribution in [0, 0.1) is 0 Å². The zero-order chi connectivity index (χ0) is 31.9. The molecule has 0 radical (unpaired) electrons. The standard InChI is InChI=1S/C37H44N2O7/c1-37(2)44-25-30-22-28(13-16-33(30)46-37)34-23-39(36(41)45-34)18-17-26-11-14-32(15-12-26)43-20-19-42-24-27-7-6-8-29(21-27)35(40)38-31-9-4-3-5-10-31/h6-8,11-16,21-22,31,34H,3-5,9-10,17-20,23-25H2,1-2H3,(H,38,40)/t34-/m0/s1. The average molecular weight is 629 g/mol. The fraction of sp³-hybridized carbons (Fsp3) is 0.459. The topological polar surface area (TPSA) is 95.6 Å². The van der Waals surface area contributed by atoms with Gasteiger partial charge in [-0.3, -0.25) is 4.79 Å². The van der Waals surface area contributed by atoms with Crippen LogP contribution in [-0.4, -0.2) is 55.0 Å². The molecule has 1 atom stereocenters. The number of carbonyl (C=O) groups is 2. The molecule has 9 heteroatoms. The minimum atomic E-state index is -0.646. The smallest absolute Gasteiger partial charge is 0.410 e. The Morgan fingerprint density at radius 3 is 2.63 bits per heavy atom. The molecule has 2 fully saturated rings. The van der Waals surface area contributed by atoms with E-state index in [0.717, 1.165) is 46.6 Å². The molecule has 1 saturated heterocycles. The lowest BCUT2D eigenvalue weighted by Crippen LogP contribution is -2.36. The van der Waals surface area contributed by atoms with Crippen molar-refractivity contribution in [1.29, 1.82) is 0 Å². The van der Waals surface area contributed by atoms with Crippen LogP contribution in [0.25, 0.3) is 0 Å². The molecule has 1 saturated carbocycles. The molecule has 1 aliphatic carbocycles. The van der Waals surface area contributed by atoms with Gasteiger partial charge in [0, 0.05) is 37.6 Å². The fourth-order valence-electron chi connectivity index (χ4n) is 6.16. The number of cyclic esters (lactones) is 1. The molecule has 6 rings (SSSR count). The molecule has 2 amide bonds. The van der Waals surface area contributed by atoms with E-state index in [4.69, 9.17) is 23.7 Å². The normalized spacial score (nSPS) is 19.2. The van der Waals surface area contributed by atoms with E-state index in [9.17, 15) is 9.59 Å². The molecule has 0 aromatic heterocycles. The quantitative estimate of drug-likeness (QED) is 0.222. The molecule has 0 bridgehead atoms. The first-order valence-corrected chi connectivity index (χ1v) is 16.4. The van der Waals surface area contributed by atoms with Crippen LogP contribution in [0.3, 0.4) is 0 Å². The molecular formula is C37H44N2O7. The van der Waals surface area contributed by atoms with Crippen LogP contribution in [0.1, 0.15) is 84.7 Å². The minimum Gasteiger partial charge on any atom is -0.491 e. The second-order valence-corrected chi connectivity index (χ2v) is 12.8. The maximum Gasteiger partial charge on any atom is 0.410 e. The highest BCUT2D eigenvalue weighted by Crippen LogP contribution is 2.35. The minimum absolute atomic E-state index is 0.00801. The van der Waals surface area contributed by atoms with Crippen LogP contribution in [-0.2, 0) is 33.8 Å². The number of nitrogens with zero attached hydrogens (tertiary/aromatic N) is 1. The van der Waals surface area contributed by atoms with E-state index in [1.54, 1.807) is 4.90 Å². The first-order chi connectivity index (χ1) is 22.3. The molecule has 244 valence electrons. The van der Waals surface area contributed by atoms with E-state index in [1.165, 1.54) is 19.3 Å². The van der Waals surface area contributed by atoms with Gasteiger partial charge >= 0.3 is 6.09 Å². The lowest BCUT2D eigenvalue weighted by Gasteiger charge is -2.32. The second kappa shape index (κ2) is 14.6. The maximum atomic E-state index is 12.7. The van der Waals surface area contributed by atoms with Gasteiger partial charge in [0.1, 0.15) is 24.2 Å². The number of ether oxygens (including phenoxy) is 5. The fourth-order valence-corrected chi connectivity index (χ4v) is 6.16. The molecule has 3 aromatic rings. The van der Waals surface area contributed by atoms with Gasteiger partial charge in [-0.15, -0.1) is 0 Å². The largest absolute Gasteiger partial charge is 0.491 e. The molecule has 3 aliphatic rings. The highest BCUT2D eigenvalue weighted by Gasteiger charge is 2.34. The Hall–Kier alpha value is -4.08. The molecule has 2 aliphatic heterocycles. The first kappa shape index (κ1) is 31.9. The van der Waals surface area contributed by atoms with Crippen molar-refractivity contribution in [2.45, 2.75) is 83.5 Å². The molecule has 0 spiro atoms. The Morgan fingerprint density at radius 2 is 1.80 bits per heavy atom. The molecule has 1 N–H and O–H groups in total. The number of hydrogen-bond donors (Lipinski definition) is 1. The predicted molar refractivity (Wildman–Crippen MR) is 173 cm³/mol. The summed E-state index contributed by atoms with van der Waals surface area (Å²) in [6.07, 6.45) is 5.86. The Morgan fingerprint density at radius 1 is 0.978 bits per heavy atom. The number of hydrogen-bond acceptors (Lipinski definition) is 7. The summed E-state index contributed by atoms with van der Waals surface area (Å²) >= 11 is 0. The van der Waals surface area contributed by atoms with Gasteiger partial charge in [0.25, 0.3) is 5.91 Å². The van der Waals surface area contributed by atoms with Crippen LogP contribution in [0.2, 0.25) is 0 Å². The Kier molecular flexibility index (Phi) is 10.1. The highest BCUT2D eigenvalue weighted by atomic mass is 16.7. The molecule has 0 unspecified atom stereocenters. The van der Waals surface area contributed by atoms with E-state index < -0.39 is 5.79 Å². The van der Waals surface area contributed by atoms with Crippen LogP contribution in [0.5, 0.6) is 11.5 Å². The van der Waals surface area contributed by atoms with Crippen LogP contribution < -0.4 is 14.8 Å². The zero-order valence-electron chi connectivity index (χ0n) is 26.8. The van der Waals surface area contributed by atoms with E-state index in [1.807, 2.05) is 80.6 Å². The number of carbonyl (C=O) groups excluding carboxylic acids is 2. The zero-order valence-corrected chi connectivity index (χ0v) is 26.8. The van der Waals surface area contributed by atoms with Gasteiger partial charge in [0.15, 0.2) is 0 Å². The number of nitrogens with one attached hydrogen (secondary N) is 1. The van der Waals surface area contributed by atoms with Crippen molar-refractivity contribution in [2.75, 3.05) is 26.3 Å². The monoisotopic (exact) mass is 628 g/mol. The van der Waals surface area contributed by atoms with E-state index in [2.05, 4.69) is 5.32 Å². The van der Waals surface area contributed by atoms with Gasteiger partial charge in [-0.05, 0) is 72.4 Å². The van der Waals surface area contributed by atoms with Crippen molar-refractivity contribution in [3.8, 4) is 11.5 Å². The maximum absolute atomic E-state index is 12.7. The third-order valence-electron chi connectivity index (χ3n) is 8.76. The Bertz CT molecular complexity index is 1500. The summed E-state index contributed by atoms with van der Waals surface area (Å²) < 4.78 is 29.0. The summed E-state index contributed by atoms with van der Waals surface area (Å²) in [5, 5.41) is 3.17. The summed E-state index contributed by atoms with van der Waals surface area (Å²) in [4.78, 5) is 27.0. The van der Waals surface area contributed by atoms with E-state index in [-0.39, 0.29) is 24.1 Å². The van der Waals surface area contributed by atoms with Gasteiger partial charge in [-0.25, -0.2) is 4.79 Å². The summed E-state index contributed by atoms with van der Waals surface area (Å²) in [6.45, 7) is 6.58. The average Bonchev–Trinajstić information content (AvgIpc) is 3.44. The van der Waals surface area contributed by atoms with E-state index >= 15 is 0 Å². The number of benzene rings is 3. The molecule has 3 aromatic carbocycles. The molecular weight excluding hydrogens is 584 g/mol. The number of rotatable bonds is 12. The predicted octanol–water partition coefficient (Wildman–Crippen LogP) is 6.73.